The highest BCUT2D eigenvalue weighted by atomic mass is 19.4. The van der Waals surface area contributed by atoms with Crippen molar-refractivity contribution in [1.29, 1.82) is 0 Å². The maximum Gasteiger partial charge on any atom is 0.416 e. The van der Waals surface area contributed by atoms with Crippen molar-refractivity contribution in [3.63, 3.8) is 0 Å². The number of nitrogens with zero attached hydrogens (tertiary/aromatic N) is 1. The molecule has 1 aliphatic rings. The molecule has 1 unspecified atom stereocenters. The summed E-state index contributed by atoms with van der Waals surface area (Å²) in [6, 6.07) is 12.3. The fourth-order valence-electron chi connectivity index (χ4n) is 3.04. The number of hydroxylamine groups is 2. The van der Waals surface area contributed by atoms with Crippen LogP contribution in [0.3, 0.4) is 0 Å². The lowest BCUT2D eigenvalue weighted by Gasteiger charge is -2.22. The summed E-state index contributed by atoms with van der Waals surface area (Å²) in [4.78, 5) is 5.56. The summed E-state index contributed by atoms with van der Waals surface area (Å²) in [5.74, 6) is 0.243. The van der Waals surface area contributed by atoms with Crippen LogP contribution >= 0.6 is 0 Å². The number of fused-ring (bicyclic) bond motifs is 1. The van der Waals surface area contributed by atoms with E-state index in [-0.39, 0.29) is 18.5 Å². The SMILES string of the molecule is NC1=CC(c2coc3ccccc23)N(Cc2ccc(C(F)(F)F)cc2)O1. The van der Waals surface area contributed by atoms with Gasteiger partial charge in [-0.1, -0.05) is 30.3 Å². The third-order valence-electron chi connectivity index (χ3n) is 4.30. The Morgan fingerprint density at radius 1 is 1.04 bits per heavy atom. The van der Waals surface area contributed by atoms with Crippen molar-refractivity contribution in [2.45, 2.75) is 18.8 Å². The van der Waals surface area contributed by atoms with Crippen LogP contribution < -0.4 is 5.73 Å². The predicted molar refractivity (Wildman–Crippen MR) is 89.3 cm³/mol. The molecule has 7 heteroatoms. The Kier molecular flexibility index (Phi) is 3.88. The molecular formula is C19H15F3N2O2. The number of alkyl halides is 3. The van der Waals surface area contributed by atoms with E-state index < -0.39 is 11.7 Å². The van der Waals surface area contributed by atoms with E-state index in [1.807, 2.05) is 24.3 Å². The predicted octanol–water partition coefficient (Wildman–Crippen LogP) is 4.74. The van der Waals surface area contributed by atoms with Crippen LogP contribution in [-0.4, -0.2) is 5.06 Å². The van der Waals surface area contributed by atoms with Crippen LogP contribution in [0.15, 0.2) is 71.2 Å². The Bertz CT molecular complexity index is 961. The van der Waals surface area contributed by atoms with E-state index in [4.69, 9.17) is 15.0 Å². The van der Waals surface area contributed by atoms with Crippen LogP contribution in [0, 0.1) is 0 Å². The molecule has 4 nitrogen and oxygen atoms in total. The molecule has 1 atom stereocenters. The largest absolute Gasteiger partial charge is 0.464 e. The van der Waals surface area contributed by atoms with Gasteiger partial charge in [-0.15, -0.1) is 5.06 Å². The average molecular weight is 360 g/mol. The number of hydrogen-bond acceptors (Lipinski definition) is 4. The van der Waals surface area contributed by atoms with Crippen molar-refractivity contribution in [3.05, 3.63) is 83.4 Å². The van der Waals surface area contributed by atoms with Gasteiger partial charge in [0.05, 0.1) is 24.4 Å². The molecule has 2 N–H and O–H groups in total. The van der Waals surface area contributed by atoms with Crippen molar-refractivity contribution >= 4 is 11.0 Å². The molecule has 2 heterocycles. The van der Waals surface area contributed by atoms with Gasteiger partial charge in [-0.3, -0.25) is 0 Å². The Hall–Kier alpha value is -2.93. The lowest BCUT2D eigenvalue weighted by molar-refractivity contribution is -0.137. The van der Waals surface area contributed by atoms with Crippen LogP contribution in [-0.2, 0) is 17.6 Å². The third-order valence-corrected chi connectivity index (χ3v) is 4.30. The Balaban J connectivity index is 1.60. The monoisotopic (exact) mass is 360 g/mol. The van der Waals surface area contributed by atoms with Gasteiger partial charge in [0.2, 0.25) is 5.88 Å². The Morgan fingerprint density at radius 3 is 2.50 bits per heavy atom. The van der Waals surface area contributed by atoms with E-state index in [0.29, 0.717) is 5.56 Å². The van der Waals surface area contributed by atoms with Crippen molar-refractivity contribution in [2.75, 3.05) is 0 Å². The molecule has 1 aliphatic heterocycles. The maximum atomic E-state index is 12.7. The van der Waals surface area contributed by atoms with Crippen LogP contribution in [0.25, 0.3) is 11.0 Å². The summed E-state index contributed by atoms with van der Waals surface area (Å²) in [6.07, 6.45) is -0.957. The summed E-state index contributed by atoms with van der Waals surface area (Å²) < 4.78 is 43.7. The molecule has 0 aliphatic carbocycles. The van der Waals surface area contributed by atoms with Crippen molar-refractivity contribution in [2.24, 2.45) is 5.73 Å². The van der Waals surface area contributed by atoms with Gasteiger partial charge in [-0.25, -0.2) is 0 Å². The van der Waals surface area contributed by atoms with E-state index in [9.17, 15) is 13.2 Å². The second kappa shape index (κ2) is 6.10. The summed E-state index contributed by atoms with van der Waals surface area (Å²) in [7, 11) is 0. The van der Waals surface area contributed by atoms with Crippen molar-refractivity contribution < 1.29 is 22.4 Å². The first-order valence-electron chi connectivity index (χ1n) is 7.96. The van der Waals surface area contributed by atoms with Crippen LogP contribution in [0.2, 0.25) is 0 Å². The quantitative estimate of drug-likeness (QED) is 0.733. The number of para-hydroxylation sites is 1. The van der Waals surface area contributed by atoms with E-state index in [2.05, 4.69) is 0 Å². The zero-order valence-corrected chi connectivity index (χ0v) is 13.5. The van der Waals surface area contributed by atoms with Crippen LogP contribution in [0.4, 0.5) is 13.2 Å². The first-order chi connectivity index (χ1) is 12.4. The van der Waals surface area contributed by atoms with Crippen molar-refractivity contribution in [3.8, 4) is 0 Å². The van der Waals surface area contributed by atoms with Gasteiger partial charge >= 0.3 is 6.18 Å². The first-order valence-corrected chi connectivity index (χ1v) is 7.96. The van der Waals surface area contributed by atoms with E-state index in [1.165, 1.54) is 12.1 Å². The molecule has 2 aromatic carbocycles. The molecular weight excluding hydrogens is 345 g/mol. The number of hydrogen-bond donors (Lipinski definition) is 1. The highest BCUT2D eigenvalue weighted by Crippen LogP contribution is 2.36. The van der Waals surface area contributed by atoms with Crippen LogP contribution in [0.1, 0.15) is 22.7 Å². The molecule has 0 fully saturated rings. The molecule has 4 rings (SSSR count). The average Bonchev–Trinajstić information content (AvgIpc) is 3.17. The minimum atomic E-state index is -4.35. The van der Waals surface area contributed by atoms with Gasteiger partial charge in [0, 0.05) is 17.0 Å². The lowest BCUT2D eigenvalue weighted by atomic mass is 10.0. The molecule has 0 bridgehead atoms. The molecule has 0 radical (unpaired) electrons. The fraction of sp³-hybridized carbons (Fsp3) is 0.158. The maximum absolute atomic E-state index is 12.7. The third kappa shape index (κ3) is 3.01. The zero-order valence-electron chi connectivity index (χ0n) is 13.5. The van der Waals surface area contributed by atoms with Gasteiger partial charge in [0.15, 0.2) is 0 Å². The molecule has 0 saturated carbocycles. The van der Waals surface area contributed by atoms with Gasteiger partial charge < -0.3 is 15.0 Å². The number of rotatable bonds is 3. The highest BCUT2D eigenvalue weighted by Gasteiger charge is 2.32. The zero-order chi connectivity index (χ0) is 18.3. The number of halogens is 3. The Labute approximate surface area is 147 Å². The summed E-state index contributed by atoms with van der Waals surface area (Å²) in [5, 5.41) is 2.55. The van der Waals surface area contributed by atoms with E-state index in [1.54, 1.807) is 17.4 Å². The molecule has 134 valence electrons. The lowest BCUT2D eigenvalue weighted by Crippen LogP contribution is -2.23. The van der Waals surface area contributed by atoms with Crippen LogP contribution in [0.5, 0.6) is 0 Å². The summed E-state index contributed by atoms with van der Waals surface area (Å²) in [6.45, 7) is 0.277. The highest BCUT2D eigenvalue weighted by molar-refractivity contribution is 5.81. The summed E-state index contributed by atoms with van der Waals surface area (Å²) in [5.41, 5.74) is 7.44. The van der Waals surface area contributed by atoms with E-state index in [0.717, 1.165) is 28.7 Å². The minimum Gasteiger partial charge on any atom is -0.464 e. The van der Waals surface area contributed by atoms with E-state index >= 15 is 0 Å². The number of nitrogens with two attached hydrogens (primary N) is 1. The number of furan rings is 1. The van der Waals surface area contributed by atoms with Gasteiger partial charge in [0.25, 0.3) is 0 Å². The normalized spacial score (nSPS) is 18.1. The fourth-order valence-corrected chi connectivity index (χ4v) is 3.04. The first kappa shape index (κ1) is 16.5. The number of benzene rings is 2. The molecule has 3 aromatic rings. The summed E-state index contributed by atoms with van der Waals surface area (Å²) >= 11 is 0. The molecule has 26 heavy (non-hydrogen) atoms. The topological polar surface area (TPSA) is 51.6 Å². The molecule has 0 spiro atoms. The van der Waals surface area contributed by atoms with Gasteiger partial charge in [-0.2, -0.15) is 13.2 Å². The second-order valence-corrected chi connectivity index (χ2v) is 6.06. The minimum absolute atomic E-state index is 0.243. The second-order valence-electron chi connectivity index (χ2n) is 6.06. The smallest absolute Gasteiger partial charge is 0.416 e. The van der Waals surface area contributed by atoms with Gasteiger partial charge in [0.1, 0.15) is 5.58 Å². The Morgan fingerprint density at radius 2 is 1.77 bits per heavy atom. The molecule has 0 amide bonds. The van der Waals surface area contributed by atoms with Gasteiger partial charge in [-0.05, 0) is 23.8 Å². The van der Waals surface area contributed by atoms with Crippen molar-refractivity contribution in [1.82, 2.24) is 5.06 Å². The molecule has 0 saturated heterocycles. The standard InChI is InChI=1S/C19H15F3N2O2/c20-19(21,22)13-7-5-12(6-8-13)10-24-16(9-18(23)26-24)15-11-25-17-4-2-1-3-14(15)17/h1-9,11,16H,10,23H2. The molecule has 1 aromatic heterocycles.